The van der Waals surface area contributed by atoms with Gasteiger partial charge in [0.1, 0.15) is 5.70 Å². The van der Waals surface area contributed by atoms with E-state index in [4.69, 9.17) is 0 Å². The van der Waals surface area contributed by atoms with Crippen molar-refractivity contribution < 1.29 is 4.79 Å². The van der Waals surface area contributed by atoms with Crippen LogP contribution in [0.4, 0.5) is 0 Å². The van der Waals surface area contributed by atoms with Gasteiger partial charge in [-0.2, -0.15) is 0 Å². The molecule has 0 spiro atoms. The van der Waals surface area contributed by atoms with Crippen LogP contribution in [0.15, 0.2) is 70.4 Å². The lowest BCUT2D eigenvalue weighted by atomic mass is 10.0. The van der Waals surface area contributed by atoms with Crippen molar-refractivity contribution >= 4 is 34.9 Å². The molecular formula is C17H15NOS2. The number of Topliss-reactive ketones (excluding diaryl/α,β-unsaturated/α-hetero) is 1. The quantitative estimate of drug-likeness (QED) is 0.777. The fraction of sp³-hybridized carbons (Fsp3) is 0.118. The highest BCUT2D eigenvalue weighted by molar-refractivity contribution is 8.21. The molecule has 0 saturated carbocycles. The lowest BCUT2D eigenvalue weighted by Gasteiger charge is -2.20. The molecule has 0 atom stereocenters. The Morgan fingerprint density at radius 2 is 1.76 bits per heavy atom. The van der Waals surface area contributed by atoms with Crippen LogP contribution in [0.5, 0.6) is 0 Å². The molecule has 4 heteroatoms. The Hall–Kier alpha value is -1.65. The predicted molar refractivity (Wildman–Crippen MR) is 92.5 cm³/mol. The smallest absolute Gasteiger partial charge is 0.214 e. The Morgan fingerprint density at radius 1 is 1.05 bits per heavy atom. The Bertz CT molecular complexity index is 693. The second-order valence-electron chi connectivity index (χ2n) is 4.57. The molecule has 0 saturated heterocycles. The van der Waals surface area contributed by atoms with Crippen molar-refractivity contribution in [2.45, 2.75) is 0 Å². The topological polar surface area (TPSA) is 20.3 Å². The second-order valence-corrected chi connectivity index (χ2v) is 6.46. The van der Waals surface area contributed by atoms with Gasteiger partial charge < -0.3 is 4.90 Å². The number of ketones is 1. The van der Waals surface area contributed by atoms with Gasteiger partial charge in [0.15, 0.2) is 0 Å². The first kappa shape index (κ1) is 14.3. The van der Waals surface area contributed by atoms with Gasteiger partial charge in [0, 0.05) is 6.20 Å². The molecule has 2 nitrogen and oxygen atoms in total. The Labute approximate surface area is 133 Å². The number of rotatable bonds is 3. The van der Waals surface area contributed by atoms with Gasteiger partial charge in [0.05, 0.1) is 15.5 Å². The van der Waals surface area contributed by atoms with E-state index in [1.54, 1.807) is 23.5 Å². The number of carbonyl (C=O) groups is 1. The van der Waals surface area contributed by atoms with Crippen LogP contribution >= 0.6 is 23.5 Å². The molecule has 1 aromatic carbocycles. The number of thioether (sulfide) groups is 2. The van der Waals surface area contributed by atoms with E-state index in [-0.39, 0.29) is 5.78 Å². The summed E-state index contributed by atoms with van der Waals surface area (Å²) in [7, 11) is 0. The number of nitrogens with zero attached hydrogens (tertiary/aromatic N) is 1. The number of fused-ring (bicyclic) bond motifs is 1. The third-order valence-corrected chi connectivity index (χ3v) is 5.55. The average molecular weight is 313 g/mol. The molecule has 3 rings (SSSR count). The Kier molecular flexibility index (Phi) is 4.08. The Balaban J connectivity index is 2.20. The summed E-state index contributed by atoms with van der Waals surface area (Å²) in [6.07, 6.45) is 11.9. The van der Waals surface area contributed by atoms with Gasteiger partial charge in [-0.05, 0) is 30.2 Å². The van der Waals surface area contributed by atoms with Crippen LogP contribution < -0.4 is 0 Å². The first-order valence-corrected chi connectivity index (χ1v) is 9.03. The lowest BCUT2D eigenvalue weighted by Crippen LogP contribution is -2.15. The molecule has 106 valence electrons. The Morgan fingerprint density at radius 3 is 2.43 bits per heavy atom. The second kappa shape index (κ2) is 6.00. The molecule has 2 aliphatic rings. The zero-order chi connectivity index (χ0) is 14.8. The van der Waals surface area contributed by atoms with E-state index in [2.05, 4.69) is 0 Å². The van der Waals surface area contributed by atoms with E-state index in [0.717, 1.165) is 26.8 Å². The normalized spacial score (nSPS) is 16.8. The van der Waals surface area contributed by atoms with Crippen LogP contribution in [-0.4, -0.2) is 23.2 Å². The van der Waals surface area contributed by atoms with E-state index < -0.39 is 0 Å². The largest absolute Gasteiger partial charge is 0.312 e. The monoisotopic (exact) mass is 313 g/mol. The predicted octanol–water partition coefficient (Wildman–Crippen LogP) is 4.26. The molecule has 0 unspecified atom stereocenters. The number of benzene rings is 1. The molecule has 21 heavy (non-hydrogen) atoms. The van der Waals surface area contributed by atoms with E-state index in [1.807, 2.05) is 72.2 Å². The number of carbonyl (C=O) groups excluding carboxylic acids is 1. The third kappa shape index (κ3) is 2.39. The number of allylic oxidation sites excluding steroid dienone is 4. The van der Waals surface area contributed by atoms with Crippen molar-refractivity contribution in [1.29, 1.82) is 0 Å². The first-order chi connectivity index (χ1) is 10.3. The molecule has 0 N–H and O–H groups in total. The van der Waals surface area contributed by atoms with Crippen LogP contribution in [0.1, 0.15) is 5.56 Å². The summed E-state index contributed by atoms with van der Waals surface area (Å²) in [5.41, 5.74) is 3.49. The number of hydrogen-bond donors (Lipinski definition) is 0. The fourth-order valence-corrected chi connectivity index (χ4v) is 3.97. The van der Waals surface area contributed by atoms with E-state index in [0.29, 0.717) is 0 Å². The molecule has 1 aromatic rings. The zero-order valence-electron chi connectivity index (χ0n) is 11.9. The van der Waals surface area contributed by atoms with Crippen molar-refractivity contribution in [3.63, 3.8) is 0 Å². The van der Waals surface area contributed by atoms with Gasteiger partial charge in [-0.3, -0.25) is 4.79 Å². The van der Waals surface area contributed by atoms with Crippen LogP contribution in [0, 0.1) is 0 Å². The van der Waals surface area contributed by atoms with Crippen molar-refractivity contribution in [2.24, 2.45) is 0 Å². The molecule has 2 heterocycles. The van der Waals surface area contributed by atoms with Crippen LogP contribution in [0.2, 0.25) is 0 Å². The van der Waals surface area contributed by atoms with Gasteiger partial charge >= 0.3 is 0 Å². The average Bonchev–Trinajstić information content (AvgIpc) is 2.82. The van der Waals surface area contributed by atoms with Gasteiger partial charge in [0.25, 0.3) is 0 Å². The van der Waals surface area contributed by atoms with Crippen molar-refractivity contribution in [3.8, 4) is 0 Å². The highest BCUT2D eigenvalue weighted by Gasteiger charge is 2.36. The maximum Gasteiger partial charge on any atom is 0.214 e. The van der Waals surface area contributed by atoms with E-state index in [9.17, 15) is 4.79 Å². The molecule has 0 amide bonds. The summed E-state index contributed by atoms with van der Waals surface area (Å²) in [4.78, 5) is 15.0. The first-order valence-electron chi connectivity index (χ1n) is 6.58. The summed E-state index contributed by atoms with van der Waals surface area (Å²) >= 11 is 3.24. The van der Waals surface area contributed by atoms with Crippen molar-refractivity contribution in [2.75, 3.05) is 12.5 Å². The molecule has 0 aliphatic carbocycles. The molecule has 0 bridgehead atoms. The molecule has 0 fully saturated rings. The minimum Gasteiger partial charge on any atom is -0.312 e. The van der Waals surface area contributed by atoms with Gasteiger partial charge in [0.2, 0.25) is 5.78 Å². The van der Waals surface area contributed by atoms with Crippen LogP contribution in [0.3, 0.4) is 0 Å². The fourth-order valence-electron chi connectivity index (χ4n) is 2.54. The van der Waals surface area contributed by atoms with Gasteiger partial charge in [-0.15, -0.1) is 23.5 Å². The zero-order valence-corrected chi connectivity index (χ0v) is 13.5. The molecule has 0 radical (unpaired) electrons. The van der Waals surface area contributed by atoms with E-state index in [1.165, 1.54) is 0 Å². The van der Waals surface area contributed by atoms with Crippen molar-refractivity contribution in [1.82, 2.24) is 4.90 Å². The maximum absolute atomic E-state index is 13.0. The molecule has 2 aliphatic heterocycles. The summed E-state index contributed by atoms with van der Waals surface area (Å²) in [5.74, 6) is 0.103. The van der Waals surface area contributed by atoms with Crippen LogP contribution in [-0.2, 0) is 4.79 Å². The highest BCUT2D eigenvalue weighted by atomic mass is 32.2. The number of hydrogen-bond acceptors (Lipinski definition) is 4. The van der Waals surface area contributed by atoms with Crippen LogP contribution in [0.25, 0.3) is 5.57 Å². The van der Waals surface area contributed by atoms with Gasteiger partial charge in [-0.1, -0.05) is 36.4 Å². The standard InChI is InChI=1S/C17H15NOS2/c1-20-17(21-2)15-16(19)14(12-8-4-3-5-9-12)13-10-6-7-11-18(13)15/h3-11H,1-2H3. The van der Waals surface area contributed by atoms with Gasteiger partial charge in [-0.25, -0.2) is 0 Å². The molecular weight excluding hydrogens is 298 g/mol. The minimum atomic E-state index is 0.103. The highest BCUT2D eigenvalue weighted by Crippen LogP contribution is 2.42. The summed E-state index contributed by atoms with van der Waals surface area (Å²) in [6, 6.07) is 9.88. The summed E-state index contributed by atoms with van der Waals surface area (Å²) < 4.78 is 1.04. The van der Waals surface area contributed by atoms with E-state index >= 15 is 0 Å². The summed E-state index contributed by atoms with van der Waals surface area (Å²) in [5, 5.41) is 0. The lowest BCUT2D eigenvalue weighted by molar-refractivity contribution is -0.110. The molecule has 0 aromatic heterocycles. The minimum absolute atomic E-state index is 0.103. The third-order valence-electron chi connectivity index (χ3n) is 3.43. The SMILES string of the molecule is CSC(SC)=C1C(=O)C(c2ccccc2)=C2C=CC=CN21. The van der Waals surface area contributed by atoms with Crippen molar-refractivity contribution in [3.05, 3.63) is 76.0 Å². The summed E-state index contributed by atoms with van der Waals surface area (Å²) in [6.45, 7) is 0. The maximum atomic E-state index is 13.0.